The first kappa shape index (κ1) is 30.9. The summed E-state index contributed by atoms with van der Waals surface area (Å²) in [6, 6.07) is 12.9. The number of nitrogens with one attached hydrogen (secondary N) is 1. The number of fused-ring (bicyclic) bond motifs is 3. The Labute approximate surface area is 224 Å². The maximum Gasteiger partial charge on any atom is 0.490 e. The van der Waals surface area contributed by atoms with Crippen molar-refractivity contribution in [2.75, 3.05) is 13.1 Å². The van der Waals surface area contributed by atoms with E-state index >= 15 is 0 Å². The molecule has 3 aromatic rings. The molecular weight excluding hydrogens is 548 g/mol. The van der Waals surface area contributed by atoms with E-state index in [-0.39, 0.29) is 11.5 Å². The normalized spacial score (nSPS) is 19.7. The topological polar surface area (TPSA) is 125 Å². The average Bonchev–Trinajstić information content (AvgIpc) is 3.36. The molecule has 0 radical (unpaired) electrons. The number of aliphatic hydroxyl groups is 1. The number of carbonyl (C=O) groups is 2. The van der Waals surface area contributed by atoms with Crippen molar-refractivity contribution in [3.8, 4) is 0 Å². The molecule has 1 aliphatic heterocycles. The molecule has 2 atom stereocenters. The molecule has 1 aliphatic carbocycles. The third kappa shape index (κ3) is 6.22. The Morgan fingerprint density at radius 2 is 1.45 bits per heavy atom. The summed E-state index contributed by atoms with van der Waals surface area (Å²) >= 11 is 0. The van der Waals surface area contributed by atoms with Gasteiger partial charge in [-0.1, -0.05) is 24.3 Å². The number of aromatic nitrogens is 2. The van der Waals surface area contributed by atoms with E-state index in [4.69, 9.17) is 19.8 Å². The van der Waals surface area contributed by atoms with Gasteiger partial charge in [-0.25, -0.2) is 14.6 Å². The molecular formula is C26H27F6N3O5. The monoisotopic (exact) mass is 575 g/mol. The quantitative estimate of drug-likeness (QED) is 0.315. The van der Waals surface area contributed by atoms with Crippen LogP contribution in [0.1, 0.15) is 41.1 Å². The molecule has 1 saturated heterocycles. The number of carboxylic acid groups (broad SMARTS) is 2. The Morgan fingerprint density at radius 3 is 1.98 bits per heavy atom. The summed E-state index contributed by atoms with van der Waals surface area (Å²) in [6.45, 7) is 6.18. The highest BCUT2D eigenvalue weighted by Gasteiger charge is 2.52. The number of aliphatic hydroxyl groups excluding tert-OH is 1. The van der Waals surface area contributed by atoms with E-state index in [0.717, 1.165) is 37.0 Å². The standard InChI is InChI=1S/C22H25N3O.2C2HF3O2/c1-14-11-18-19(12-15(14)2)25(13-24-18)20-16-5-3-4-6-17(16)22(21(20)26)7-9-23-10-8-22;2*3-2(4,5)1(6)7/h3-6,11-13,20-21,23,26H,7-10H2,1-2H3;2*(H,6,7)/t20-,21+;;/m1../s1. The van der Waals surface area contributed by atoms with Gasteiger partial charge in [-0.15, -0.1) is 0 Å². The number of imidazole rings is 1. The van der Waals surface area contributed by atoms with Crippen LogP contribution in [-0.2, 0) is 15.0 Å². The van der Waals surface area contributed by atoms with E-state index in [1.807, 2.05) is 6.33 Å². The number of aliphatic carboxylic acids is 2. The molecule has 8 nitrogen and oxygen atoms in total. The van der Waals surface area contributed by atoms with Crippen LogP contribution in [0.3, 0.4) is 0 Å². The van der Waals surface area contributed by atoms with Crippen LogP contribution in [0, 0.1) is 13.8 Å². The Bertz CT molecular complexity index is 1360. The Balaban J connectivity index is 0.000000263. The van der Waals surface area contributed by atoms with Crippen LogP contribution in [0.2, 0.25) is 0 Å². The van der Waals surface area contributed by atoms with Crippen LogP contribution in [-0.4, -0.2) is 68.4 Å². The smallest absolute Gasteiger partial charge is 0.475 e. The summed E-state index contributed by atoms with van der Waals surface area (Å²) in [6.07, 6.45) is -6.73. The third-order valence-electron chi connectivity index (χ3n) is 7.15. The fraction of sp³-hybridized carbons (Fsp3) is 0.423. The summed E-state index contributed by atoms with van der Waals surface area (Å²) in [5.74, 6) is -5.51. The molecule has 1 fully saturated rings. The predicted octanol–water partition coefficient (Wildman–Crippen LogP) is 4.50. The number of nitrogens with zero attached hydrogens (tertiary/aromatic N) is 2. The molecule has 0 saturated carbocycles. The van der Waals surface area contributed by atoms with Crippen LogP contribution >= 0.6 is 0 Å². The molecule has 5 rings (SSSR count). The predicted molar refractivity (Wildman–Crippen MR) is 131 cm³/mol. The Hall–Kier alpha value is -3.65. The van der Waals surface area contributed by atoms with E-state index in [1.54, 1.807) is 0 Å². The van der Waals surface area contributed by atoms with Gasteiger partial charge in [-0.3, -0.25) is 0 Å². The number of piperidine rings is 1. The lowest BCUT2D eigenvalue weighted by Gasteiger charge is -2.39. The number of rotatable bonds is 1. The van der Waals surface area contributed by atoms with E-state index in [2.05, 4.69) is 65.1 Å². The third-order valence-corrected chi connectivity index (χ3v) is 7.15. The largest absolute Gasteiger partial charge is 0.490 e. The number of benzene rings is 2. The molecule has 14 heteroatoms. The van der Waals surface area contributed by atoms with Crippen molar-refractivity contribution >= 4 is 23.0 Å². The lowest BCUT2D eigenvalue weighted by molar-refractivity contribution is -0.193. The Kier molecular flexibility index (Phi) is 8.84. The fourth-order valence-electron chi connectivity index (χ4n) is 5.08. The zero-order valence-corrected chi connectivity index (χ0v) is 21.3. The second-order valence-electron chi connectivity index (χ2n) is 9.57. The molecule has 0 bridgehead atoms. The minimum absolute atomic E-state index is 0.0728. The highest BCUT2D eigenvalue weighted by molar-refractivity contribution is 5.78. The first-order chi connectivity index (χ1) is 18.5. The summed E-state index contributed by atoms with van der Waals surface area (Å²) < 4.78 is 65.7. The minimum Gasteiger partial charge on any atom is -0.475 e. The number of aryl methyl sites for hydroxylation is 2. The molecule has 40 heavy (non-hydrogen) atoms. The summed E-state index contributed by atoms with van der Waals surface area (Å²) in [5, 5.41) is 29.3. The second kappa shape index (κ2) is 11.5. The first-order valence-electron chi connectivity index (χ1n) is 12.0. The Morgan fingerprint density at radius 1 is 0.950 bits per heavy atom. The van der Waals surface area contributed by atoms with Crippen molar-refractivity contribution in [2.45, 2.75) is 56.6 Å². The lowest BCUT2D eigenvalue weighted by Crippen LogP contribution is -2.47. The molecule has 4 N–H and O–H groups in total. The molecule has 1 aromatic heterocycles. The van der Waals surface area contributed by atoms with Gasteiger partial charge in [-0.05, 0) is 74.2 Å². The molecule has 0 unspecified atom stereocenters. The van der Waals surface area contributed by atoms with Gasteiger partial charge in [0.2, 0.25) is 0 Å². The van der Waals surface area contributed by atoms with Gasteiger partial charge < -0.3 is 25.2 Å². The zero-order valence-electron chi connectivity index (χ0n) is 21.3. The van der Waals surface area contributed by atoms with Gasteiger partial charge in [-0.2, -0.15) is 26.3 Å². The van der Waals surface area contributed by atoms with Crippen LogP contribution in [0.25, 0.3) is 11.0 Å². The van der Waals surface area contributed by atoms with E-state index in [1.165, 1.54) is 22.3 Å². The molecule has 1 spiro atoms. The fourth-order valence-corrected chi connectivity index (χ4v) is 5.08. The van der Waals surface area contributed by atoms with Crippen LogP contribution in [0.15, 0.2) is 42.7 Å². The highest BCUT2D eigenvalue weighted by Crippen LogP contribution is 2.52. The summed E-state index contributed by atoms with van der Waals surface area (Å²) in [4.78, 5) is 22.4. The van der Waals surface area contributed by atoms with Crippen molar-refractivity contribution < 1.29 is 51.3 Å². The van der Waals surface area contributed by atoms with Gasteiger partial charge in [0.05, 0.1) is 29.5 Å². The second-order valence-corrected chi connectivity index (χ2v) is 9.57. The number of carboxylic acids is 2. The molecule has 0 amide bonds. The van der Waals surface area contributed by atoms with Crippen molar-refractivity contribution in [3.63, 3.8) is 0 Å². The van der Waals surface area contributed by atoms with Crippen molar-refractivity contribution in [1.29, 1.82) is 0 Å². The van der Waals surface area contributed by atoms with Gasteiger partial charge in [0.25, 0.3) is 0 Å². The van der Waals surface area contributed by atoms with Crippen LogP contribution in [0.5, 0.6) is 0 Å². The first-order valence-corrected chi connectivity index (χ1v) is 12.0. The van der Waals surface area contributed by atoms with Crippen LogP contribution < -0.4 is 5.32 Å². The minimum atomic E-state index is -5.08. The number of halogens is 6. The van der Waals surface area contributed by atoms with Crippen molar-refractivity contribution in [2.24, 2.45) is 0 Å². The SMILES string of the molecule is Cc1cc2ncn([C@@H]3c4ccccc4C4(CCNCC4)[C@H]3O)c2cc1C.O=C(O)C(F)(F)F.O=C(O)C(F)(F)F. The number of alkyl halides is 6. The lowest BCUT2D eigenvalue weighted by atomic mass is 9.72. The van der Waals surface area contributed by atoms with E-state index in [0.29, 0.717) is 0 Å². The van der Waals surface area contributed by atoms with Gasteiger partial charge >= 0.3 is 24.3 Å². The molecule has 2 aromatic carbocycles. The molecule has 2 aliphatic rings. The zero-order chi connectivity index (χ0) is 30.0. The number of hydrogen-bond donors (Lipinski definition) is 4. The van der Waals surface area contributed by atoms with E-state index < -0.39 is 30.4 Å². The van der Waals surface area contributed by atoms with Gasteiger partial charge in [0.15, 0.2) is 0 Å². The summed E-state index contributed by atoms with van der Waals surface area (Å²) in [7, 11) is 0. The highest BCUT2D eigenvalue weighted by atomic mass is 19.4. The van der Waals surface area contributed by atoms with Crippen LogP contribution in [0.4, 0.5) is 26.3 Å². The van der Waals surface area contributed by atoms with Crippen molar-refractivity contribution in [3.05, 3.63) is 65.0 Å². The van der Waals surface area contributed by atoms with E-state index in [9.17, 15) is 31.4 Å². The van der Waals surface area contributed by atoms with Gasteiger partial charge in [0, 0.05) is 5.41 Å². The maximum atomic E-state index is 11.6. The summed E-state index contributed by atoms with van der Waals surface area (Å²) in [5.41, 5.74) is 7.05. The van der Waals surface area contributed by atoms with Crippen molar-refractivity contribution in [1.82, 2.24) is 14.9 Å². The number of hydrogen-bond acceptors (Lipinski definition) is 5. The van der Waals surface area contributed by atoms with Gasteiger partial charge in [0.1, 0.15) is 0 Å². The molecule has 2 heterocycles. The molecule has 218 valence electrons. The maximum absolute atomic E-state index is 11.6. The average molecular weight is 576 g/mol.